The van der Waals surface area contributed by atoms with Gasteiger partial charge in [0.1, 0.15) is 0 Å². The Morgan fingerprint density at radius 3 is 2.50 bits per heavy atom. The second kappa shape index (κ2) is 5.30. The van der Waals surface area contributed by atoms with Gasteiger partial charge in [-0.15, -0.1) is 0 Å². The van der Waals surface area contributed by atoms with Crippen molar-refractivity contribution in [3.63, 3.8) is 0 Å². The van der Waals surface area contributed by atoms with Gasteiger partial charge in [-0.25, -0.2) is 4.98 Å². The van der Waals surface area contributed by atoms with Crippen LogP contribution in [0.4, 0.5) is 0 Å². The number of nitrogens with zero attached hydrogens (tertiary/aromatic N) is 1. The summed E-state index contributed by atoms with van der Waals surface area (Å²) in [6.07, 6.45) is 0. The first-order chi connectivity index (χ1) is 9.74. The molecule has 1 N–H and O–H groups in total. The second-order valence-corrected chi connectivity index (χ2v) is 5.11. The van der Waals surface area contributed by atoms with Crippen LogP contribution in [-0.2, 0) is 0 Å². The Morgan fingerprint density at radius 1 is 1.00 bits per heavy atom. The molecule has 98 valence electrons. The molecular formula is C15H10N2O2S. The maximum absolute atomic E-state index is 12.1. The van der Waals surface area contributed by atoms with Gasteiger partial charge in [0.25, 0.3) is 5.56 Å². The van der Waals surface area contributed by atoms with E-state index in [0.29, 0.717) is 21.6 Å². The molecule has 0 aliphatic heterocycles. The molecule has 0 amide bonds. The molecule has 20 heavy (non-hydrogen) atoms. The first-order valence-electron chi connectivity index (χ1n) is 6.00. The number of hydrogen-bond donors (Lipinski definition) is 1. The zero-order valence-electron chi connectivity index (χ0n) is 10.4. The number of aromatic amines is 1. The fourth-order valence-electron chi connectivity index (χ4n) is 1.83. The minimum atomic E-state index is -0.237. The summed E-state index contributed by atoms with van der Waals surface area (Å²) in [6.45, 7) is 0. The zero-order chi connectivity index (χ0) is 13.9. The van der Waals surface area contributed by atoms with Gasteiger partial charge < -0.3 is 4.98 Å². The normalized spacial score (nSPS) is 10.6. The van der Waals surface area contributed by atoms with Crippen LogP contribution in [0.1, 0.15) is 10.4 Å². The Kier molecular flexibility index (Phi) is 3.35. The number of rotatable bonds is 2. The van der Waals surface area contributed by atoms with E-state index in [4.69, 9.17) is 0 Å². The molecule has 0 aliphatic rings. The number of fused-ring (bicyclic) bond motifs is 1. The molecule has 3 aromatic rings. The molecule has 0 saturated heterocycles. The molecule has 0 aliphatic carbocycles. The first-order valence-corrected chi connectivity index (χ1v) is 6.82. The molecule has 0 atom stereocenters. The number of hydrogen-bond acceptors (Lipinski definition) is 4. The standard InChI is InChI=1S/C15H10N2O2S/c18-13-11-8-4-5-9-12(11)16-15(17-13)20-14(19)10-6-2-1-3-7-10/h1-9H,(H,16,17,18). The van der Waals surface area contributed by atoms with Crippen molar-refractivity contribution in [1.29, 1.82) is 0 Å². The molecule has 0 bridgehead atoms. The van der Waals surface area contributed by atoms with E-state index >= 15 is 0 Å². The van der Waals surface area contributed by atoms with Gasteiger partial charge in [-0.2, -0.15) is 0 Å². The summed E-state index contributed by atoms with van der Waals surface area (Å²) in [7, 11) is 0. The van der Waals surface area contributed by atoms with Crippen LogP contribution in [0.5, 0.6) is 0 Å². The molecule has 0 fully saturated rings. The molecule has 0 radical (unpaired) electrons. The maximum Gasteiger partial charge on any atom is 0.259 e. The number of nitrogens with one attached hydrogen (secondary N) is 1. The van der Waals surface area contributed by atoms with Gasteiger partial charge in [0.2, 0.25) is 5.12 Å². The Hall–Kier alpha value is -2.40. The fourth-order valence-corrected chi connectivity index (χ4v) is 2.55. The van der Waals surface area contributed by atoms with E-state index in [0.717, 1.165) is 11.8 Å². The van der Waals surface area contributed by atoms with Crippen molar-refractivity contribution >= 4 is 27.8 Å². The fraction of sp³-hybridized carbons (Fsp3) is 0. The molecule has 5 heteroatoms. The second-order valence-electron chi connectivity index (χ2n) is 4.14. The van der Waals surface area contributed by atoms with Crippen LogP contribution in [0.2, 0.25) is 0 Å². The van der Waals surface area contributed by atoms with Crippen LogP contribution >= 0.6 is 11.8 Å². The van der Waals surface area contributed by atoms with E-state index < -0.39 is 0 Å². The van der Waals surface area contributed by atoms with Gasteiger partial charge in [0.15, 0.2) is 5.16 Å². The summed E-state index contributed by atoms with van der Waals surface area (Å²) in [6, 6.07) is 15.9. The third-order valence-electron chi connectivity index (χ3n) is 2.79. The van der Waals surface area contributed by atoms with Gasteiger partial charge in [-0.1, -0.05) is 42.5 Å². The van der Waals surface area contributed by atoms with Crippen molar-refractivity contribution < 1.29 is 4.79 Å². The van der Waals surface area contributed by atoms with Crippen LogP contribution in [0, 0.1) is 0 Å². The molecule has 0 spiro atoms. The number of carbonyl (C=O) groups is 1. The lowest BCUT2D eigenvalue weighted by Gasteiger charge is -2.02. The lowest BCUT2D eigenvalue weighted by molar-refractivity contribution is 0.108. The van der Waals surface area contributed by atoms with E-state index in [1.54, 1.807) is 42.5 Å². The molecule has 0 unspecified atom stereocenters. The lowest BCUT2D eigenvalue weighted by atomic mass is 10.2. The summed E-state index contributed by atoms with van der Waals surface area (Å²) in [5, 5.41) is 0.676. The summed E-state index contributed by atoms with van der Waals surface area (Å²) in [5.41, 5.74) is 0.923. The van der Waals surface area contributed by atoms with Crippen LogP contribution in [0.3, 0.4) is 0 Å². The van der Waals surface area contributed by atoms with Crippen molar-refractivity contribution in [2.75, 3.05) is 0 Å². The topological polar surface area (TPSA) is 62.8 Å². The minimum Gasteiger partial charge on any atom is -0.301 e. The van der Waals surface area contributed by atoms with E-state index in [9.17, 15) is 9.59 Å². The maximum atomic E-state index is 12.1. The number of benzene rings is 2. The number of thioether (sulfide) groups is 1. The van der Waals surface area contributed by atoms with Gasteiger partial charge >= 0.3 is 0 Å². The predicted octanol–water partition coefficient (Wildman–Crippen LogP) is 2.86. The third-order valence-corrected chi connectivity index (χ3v) is 3.60. The number of carbonyl (C=O) groups excluding carboxylic acids is 1. The van der Waals surface area contributed by atoms with Crippen LogP contribution < -0.4 is 5.56 Å². The van der Waals surface area contributed by atoms with Crippen molar-refractivity contribution in [2.24, 2.45) is 0 Å². The summed E-state index contributed by atoms with van der Waals surface area (Å²) < 4.78 is 0. The summed E-state index contributed by atoms with van der Waals surface area (Å²) in [5.74, 6) is 0. The predicted molar refractivity (Wildman–Crippen MR) is 79.0 cm³/mol. The smallest absolute Gasteiger partial charge is 0.259 e. The average Bonchev–Trinajstić information content (AvgIpc) is 2.48. The third kappa shape index (κ3) is 2.48. The van der Waals surface area contributed by atoms with Crippen LogP contribution in [0.15, 0.2) is 64.5 Å². The first kappa shape index (κ1) is 12.6. The largest absolute Gasteiger partial charge is 0.301 e. The van der Waals surface area contributed by atoms with E-state index in [2.05, 4.69) is 9.97 Å². The highest BCUT2D eigenvalue weighted by Crippen LogP contribution is 2.19. The highest BCUT2D eigenvalue weighted by atomic mass is 32.2. The van der Waals surface area contributed by atoms with Crippen molar-refractivity contribution in [3.05, 3.63) is 70.5 Å². The summed E-state index contributed by atoms with van der Waals surface area (Å²) in [4.78, 5) is 30.9. The van der Waals surface area contributed by atoms with E-state index in [1.807, 2.05) is 12.1 Å². The van der Waals surface area contributed by atoms with Crippen molar-refractivity contribution in [2.45, 2.75) is 5.16 Å². The molecule has 4 nitrogen and oxygen atoms in total. The monoisotopic (exact) mass is 282 g/mol. The highest BCUT2D eigenvalue weighted by Gasteiger charge is 2.11. The number of para-hydroxylation sites is 1. The van der Waals surface area contributed by atoms with Gasteiger partial charge in [-0.3, -0.25) is 9.59 Å². The Labute approximate surface area is 118 Å². The lowest BCUT2D eigenvalue weighted by Crippen LogP contribution is -2.09. The summed E-state index contributed by atoms with van der Waals surface area (Å²) >= 11 is 0.920. The molecule has 1 aromatic heterocycles. The van der Waals surface area contributed by atoms with Gasteiger partial charge in [-0.05, 0) is 23.9 Å². The number of aromatic nitrogens is 2. The van der Waals surface area contributed by atoms with E-state index in [1.165, 1.54) is 0 Å². The quantitative estimate of drug-likeness (QED) is 0.580. The minimum absolute atomic E-state index is 0.149. The Balaban J connectivity index is 1.96. The Bertz CT molecular complexity index is 828. The molecule has 0 saturated carbocycles. The Morgan fingerprint density at radius 2 is 1.70 bits per heavy atom. The zero-order valence-corrected chi connectivity index (χ0v) is 11.2. The molecule has 3 rings (SSSR count). The van der Waals surface area contributed by atoms with Crippen LogP contribution in [-0.4, -0.2) is 15.1 Å². The SMILES string of the molecule is O=C(Sc1nc2ccccc2c(=O)[nH]1)c1ccccc1. The van der Waals surface area contributed by atoms with Crippen molar-refractivity contribution in [1.82, 2.24) is 9.97 Å². The molecular weight excluding hydrogens is 272 g/mol. The van der Waals surface area contributed by atoms with Gasteiger partial charge in [0, 0.05) is 5.56 Å². The van der Waals surface area contributed by atoms with Crippen molar-refractivity contribution in [3.8, 4) is 0 Å². The van der Waals surface area contributed by atoms with Gasteiger partial charge in [0.05, 0.1) is 10.9 Å². The van der Waals surface area contributed by atoms with Crippen LogP contribution in [0.25, 0.3) is 10.9 Å². The highest BCUT2D eigenvalue weighted by molar-refractivity contribution is 8.14. The number of H-pyrrole nitrogens is 1. The van der Waals surface area contributed by atoms with E-state index in [-0.39, 0.29) is 10.7 Å². The average molecular weight is 282 g/mol. The molecule has 2 aromatic carbocycles. The molecule has 1 heterocycles.